The maximum absolute atomic E-state index is 12.9. The molecule has 0 amide bonds. The van der Waals surface area contributed by atoms with Crippen LogP contribution in [0.25, 0.3) is 11.0 Å². The predicted molar refractivity (Wildman–Crippen MR) is 85.0 cm³/mol. The summed E-state index contributed by atoms with van der Waals surface area (Å²) in [7, 11) is -4.06. The van der Waals surface area contributed by atoms with Crippen molar-refractivity contribution in [3.05, 3.63) is 64.5 Å². The van der Waals surface area contributed by atoms with Gasteiger partial charge in [0, 0.05) is 12.1 Å². The fourth-order valence-corrected chi connectivity index (χ4v) is 4.05. The topological polar surface area (TPSA) is 95.1 Å². The fraction of sp³-hybridized carbons (Fsp3) is 0.0714. The number of fused-ring (bicyclic) bond motifs is 1. The van der Waals surface area contributed by atoms with Crippen LogP contribution in [0.15, 0.2) is 53.4 Å². The first kappa shape index (κ1) is 15.4. The summed E-state index contributed by atoms with van der Waals surface area (Å²) in [6.45, 7) is 0. The molecule has 3 aromatic rings. The molecule has 3 rings (SSSR count). The van der Waals surface area contributed by atoms with Crippen LogP contribution in [0.2, 0.25) is 0 Å². The van der Waals surface area contributed by atoms with Crippen LogP contribution in [0.3, 0.4) is 0 Å². The van der Waals surface area contributed by atoms with Crippen molar-refractivity contribution in [1.82, 2.24) is 8.96 Å². The van der Waals surface area contributed by atoms with Gasteiger partial charge in [-0.3, -0.25) is 10.1 Å². The average molecular weight is 352 g/mol. The average Bonchev–Trinajstić information content (AvgIpc) is 2.94. The van der Waals surface area contributed by atoms with E-state index in [4.69, 9.17) is 11.6 Å². The molecule has 0 aliphatic heterocycles. The van der Waals surface area contributed by atoms with Crippen molar-refractivity contribution in [1.29, 1.82) is 0 Å². The summed E-state index contributed by atoms with van der Waals surface area (Å²) >= 11 is 5.82. The lowest BCUT2D eigenvalue weighted by molar-refractivity contribution is -0.385. The first-order chi connectivity index (χ1) is 10.9. The van der Waals surface area contributed by atoms with Gasteiger partial charge in [0.2, 0.25) is 0 Å². The van der Waals surface area contributed by atoms with E-state index in [9.17, 15) is 18.5 Å². The number of hydrogen-bond acceptors (Lipinski definition) is 5. The van der Waals surface area contributed by atoms with E-state index >= 15 is 0 Å². The van der Waals surface area contributed by atoms with Crippen LogP contribution in [0, 0.1) is 10.1 Å². The van der Waals surface area contributed by atoms with Crippen molar-refractivity contribution in [3.63, 3.8) is 0 Å². The molecule has 118 valence electrons. The molecule has 0 N–H and O–H groups in total. The predicted octanol–water partition coefficient (Wildman–Crippen LogP) is 2.92. The lowest BCUT2D eigenvalue weighted by Crippen LogP contribution is -2.15. The van der Waals surface area contributed by atoms with Crippen LogP contribution < -0.4 is 0 Å². The molecule has 2 aromatic carbocycles. The van der Waals surface area contributed by atoms with Gasteiger partial charge >= 0.3 is 0 Å². The molecule has 0 aliphatic rings. The molecule has 23 heavy (non-hydrogen) atoms. The molecular weight excluding hydrogens is 342 g/mol. The number of nitro benzene ring substituents is 1. The monoisotopic (exact) mass is 351 g/mol. The summed E-state index contributed by atoms with van der Waals surface area (Å²) < 4.78 is 26.8. The molecule has 0 fully saturated rings. The van der Waals surface area contributed by atoms with Crippen LogP contribution in [-0.4, -0.2) is 22.3 Å². The summed E-state index contributed by atoms with van der Waals surface area (Å²) in [5.41, 5.74) is 0.551. The van der Waals surface area contributed by atoms with Gasteiger partial charge in [0.15, 0.2) is 0 Å². The Bertz CT molecular complexity index is 1010. The van der Waals surface area contributed by atoms with Crippen molar-refractivity contribution in [2.24, 2.45) is 0 Å². The van der Waals surface area contributed by atoms with Gasteiger partial charge in [-0.1, -0.05) is 18.2 Å². The SMILES string of the molecule is O=[N+]([O-])c1cccc(S(=O)(=O)n2c(CCl)nc3ccccc32)c1. The first-order valence-electron chi connectivity index (χ1n) is 6.47. The van der Waals surface area contributed by atoms with Crippen LogP contribution in [0.5, 0.6) is 0 Å². The number of benzene rings is 2. The highest BCUT2D eigenvalue weighted by molar-refractivity contribution is 7.90. The van der Waals surface area contributed by atoms with Crippen molar-refractivity contribution < 1.29 is 13.3 Å². The first-order valence-corrected chi connectivity index (χ1v) is 8.45. The van der Waals surface area contributed by atoms with E-state index in [1.165, 1.54) is 18.2 Å². The van der Waals surface area contributed by atoms with E-state index in [1.54, 1.807) is 24.3 Å². The largest absolute Gasteiger partial charge is 0.270 e. The zero-order valence-corrected chi connectivity index (χ0v) is 13.2. The highest BCUT2D eigenvalue weighted by atomic mass is 35.5. The molecule has 0 radical (unpaired) electrons. The molecule has 0 saturated carbocycles. The van der Waals surface area contributed by atoms with Gasteiger partial charge in [-0.15, -0.1) is 11.6 Å². The fourth-order valence-electron chi connectivity index (χ4n) is 2.27. The Labute approximate surface area is 136 Å². The van der Waals surface area contributed by atoms with Gasteiger partial charge in [0.1, 0.15) is 5.82 Å². The number of non-ortho nitro benzene ring substituents is 1. The number of nitro groups is 1. The normalized spacial score (nSPS) is 11.7. The standard InChI is InChI=1S/C14H10ClN3O4S/c15-9-14-16-12-6-1-2-7-13(12)17(14)23(21,22)11-5-3-4-10(8-11)18(19)20/h1-8H,9H2. The van der Waals surface area contributed by atoms with Gasteiger partial charge < -0.3 is 0 Å². The zero-order valence-electron chi connectivity index (χ0n) is 11.6. The summed E-state index contributed by atoms with van der Waals surface area (Å²) in [6.07, 6.45) is 0. The maximum atomic E-state index is 12.9. The minimum atomic E-state index is -4.06. The molecule has 7 nitrogen and oxygen atoms in total. The Morgan fingerprint density at radius 1 is 1.17 bits per heavy atom. The van der Waals surface area contributed by atoms with Gasteiger partial charge in [0.25, 0.3) is 15.7 Å². The van der Waals surface area contributed by atoms with Crippen molar-refractivity contribution >= 4 is 38.3 Å². The van der Waals surface area contributed by atoms with E-state index in [0.29, 0.717) is 11.0 Å². The summed E-state index contributed by atoms with van der Waals surface area (Å²) in [6, 6.07) is 11.6. The quantitative estimate of drug-likeness (QED) is 0.409. The van der Waals surface area contributed by atoms with Crippen molar-refractivity contribution in [2.45, 2.75) is 10.8 Å². The summed E-state index contributed by atoms with van der Waals surface area (Å²) in [4.78, 5) is 14.2. The number of alkyl halides is 1. The third-order valence-electron chi connectivity index (χ3n) is 3.27. The number of nitrogens with zero attached hydrogens (tertiary/aromatic N) is 3. The number of halogens is 1. The third kappa shape index (κ3) is 2.55. The number of hydrogen-bond donors (Lipinski definition) is 0. The molecule has 0 atom stereocenters. The minimum Gasteiger partial charge on any atom is -0.258 e. The summed E-state index contributed by atoms with van der Waals surface area (Å²) in [5.74, 6) is 0.0439. The number of para-hydroxylation sites is 2. The Kier molecular flexibility index (Phi) is 3.78. The molecule has 0 aliphatic carbocycles. The second kappa shape index (κ2) is 5.64. The molecule has 0 bridgehead atoms. The Balaban J connectivity index is 2.29. The van der Waals surface area contributed by atoms with Gasteiger partial charge in [-0.05, 0) is 18.2 Å². The molecule has 0 saturated heterocycles. The Morgan fingerprint density at radius 3 is 2.61 bits per heavy atom. The van der Waals surface area contributed by atoms with Crippen molar-refractivity contribution in [3.8, 4) is 0 Å². The van der Waals surface area contributed by atoms with E-state index in [-0.39, 0.29) is 22.3 Å². The van der Waals surface area contributed by atoms with E-state index in [2.05, 4.69) is 4.98 Å². The molecule has 1 heterocycles. The third-order valence-corrected chi connectivity index (χ3v) is 5.25. The summed E-state index contributed by atoms with van der Waals surface area (Å²) in [5, 5.41) is 10.9. The van der Waals surface area contributed by atoms with Crippen LogP contribution in [0.1, 0.15) is 5.82 Å². The lowest BCUT2D eigenvalue weighted by atomic mass is 10.3. The van der Waals surface area contributed by atoms with E-state index in [1.807, 2.05) is 0 Å². The molecule has 0 spiro atoms. The van der Waals surface area contributed by atoms with Crippen molar-refractivity contribution in [2.75, 3.05) is 0 Å². The smallest absolute Gasteiger partial charge is 0.258 e. The van der Waals surface area contributed by atoms with Gasteiger partial charge in [0.05, 0.1) is 26.7 Å². The minimum absolute atomic E-state index is 0.108. The van der Waals surface area contributed by atoms with Gasteiger partial charge in [-0.25, -0.2) is 17.4 Å². The number of imidazole rings is 1. The van der Waals surface area contributed by atoms with Gasteiger partial charge in [-0.2, -0.15) is 0 Å². The number of aromatic nitrogens is 2. The highest BCUT2D eigenvalue weighted by Crippen LogP contribution is 2.26. The maximum Gasteiger partial charge on any atom is 0.270 e. The van der Waals surface area contributed by atoms with Crippen LogP contribution >= 0.6 is 11.6 Å². The van der Waals surface area contributed by atoms with E-state index < -0.39 is 14.9 Å². The number of rotatable bonds is 4. The molecule has 9 heteroatoms. The highest BCUT2D eigenvalue weighted by Gasteiger charge is 2.25. The Morgan fingerprint density at radius 2 is 1.91 bits per heavy atom. The Hall–Kier alpha value is -2.45. The second-order valence-corrected chi connectivity index (χ2v) is 6.73. The lowest BCUT2D eigenvalue weighted by Gasteiger charge is -2.09. The second-order valence-electron chi connectivity index (χ2n) is 4.67. The van der Waals surface area contributed by atoms with Crippen LogP contribution in [0.4, 0.5) is 5.69 Å². The molecular formula is C14H10ClN3O4S. The molecule has 0 unspecified atom stereocenters. The molecule has 1 aromatic heterocycles. The van der Waals surface area contributed by atoms with E-state index in [0.717, 1.165) is 10.0 Å². The van der Waals surface area contributed by atoms with Crippen LogP contribution in [-0.2, 0) is 15.9 Å². The zero-order chi connectivity index (χ0) is 16.6.